The fourth-order valence-electron chi connectivity index (χ4n) is 2.81. The van der Waals surface area contributed by atoms with E-state index in [9.17, 15) is 4.79 Å². The van der Waals surface area contributed by atoms with Crippen molar-refractivity contribution in [2.45, 2.75) is 11.8 Å². The van der Waals surface area contributed by atoms with E-state index in [1.165, 1.54) is 11.8 Å². The second-order valence-electron chi connectivity index (χ2n) is 6.31. The van der Waals surface area contributed by atoms with Crippen LogP contribution in [0, 0.1) is 6.92 Å². The van der Waals surface area contributed by atoms with E-state index in [1.54, 1.807) is 0 Å². The zero-order valence-corrected chi connectivity index (χ0v) is 16.7. The zero-order chi connectivity index (χ0) is 19.5. The van der Waals surface area contributed by atoms with E-state index in [2.05, 4.69) is 10.3 Å². The monoisotopic (exact) mass is 408 g/mol. The molecule has 0 aliphatic rings. The van der Waals surface area contributed by atoms with Crippen LogP contribution in [0.4, 0.5) is 5.69 Å². The summed E-state index contributed by atoms with van der Waals surface area (Å²) in [6.45, 7) is 2.02. The quantitative estimate of drug-likeness (QED) is 0.400. The van der Waals surface area contributed by atoms with Gasteiger partial charge in [0.05, 0.1) is 5.75 Å². The minimum absolute atomic E-state index is 0.0816. The number of oxazole rings is 1. The lowest BCUT2D eigenvalue weighted by Gasteiger charge is -2.05. The standard InChI is InChI=1S/C22H17ClN2O2S/c1-14-4-2-3-5-18(14)22-25-19-12-16(8-11-20(19)27-22)24-21(26)13-28-17-9-6-15(23)7-10-17/h2-12H,13H2,1H3,(H,24,26). The lowest BCUT2D eigenvalue weighted by molar-refractivity contribution is -0.113. The molecule has 0 fully saturated rings. The number of benzene rings is 3. The molecule has 1 heterocycles. The van der Waals surface area contributed by atoms with E-state index in [-0.39, 0.29) is 5.91 Å². The first kappa shape index (κ1) is 18.6. The molecule has 4 rings (SSSR count). The fraction of sp³-hybridized carbons (Fsp3) is 0.0909. The predicted molar refractivity (Wildman–Crippen MR) is 115 cm³/mol. The van der Waals surface area contributed by atoms with Crippen molar-refractivity contribution in [3.63, 3.8) is 0 Å². The largest absolute Gasteiger partial charge is 0.436 e. The van der Waals surface area contributed by atoms with E-state index in [4.69, 9.17) is 16.0 Å². The highest BCUT2D eigenvalue weighted by Gasteiger charge is 2.11. The van der Waals surface area contributed by atoms with Crippen molar-refractivity contribution in [3.8, 4) is 11.5 Å². The van der Waals surface area contributed by atoms with Crippen LogP contribution in [0.5, 0.6) is 0 Å². The molecule has 0 atom stereocenters. The molecule has 28 heavy (non-hydrogen) atoms. The Hall–Kier alpha value is -2.76. The number of thioether (sulfide) groups is 1. The van der Waals surface area contributed by atoms with Gasteiger partial charge in [-0.3, -0.25) is 4.79 Å². The number of rotatable bonds is 5. The molecule has 0 saturated carbocycles. The molecule has 0 aliphatic carbocycles. The van der Waals surface area contributed by atoms with E-state index in [1.807, 2.05) is 73.7 Å². The summed E-state index contributed by atoms with van der Waals surface area (Å²) in [6, 6.07) is 20.8. The number of nitrogens with zero attached hydrogens (tertiary/aromatic N) is 1. The molecular weight excluding hydrogens is 392 g/mol. The topological polar surface area (TPSA) is 55.1 Å². The van der Waals surface area contributed by atoms with E-state index < -0.39 is 0 Å². The van der Waals surface area contributed by atoms with Gasteiger partial charge in [-0.25, -0.2) is 4.98 Å². The van der Waals surface area contributed by atoms with E-state index in [0.717, 1.165) is 16.0 Å². The van der Waals surface area contributed by atoms with Gasteiger partial charge in [-0.1, -0.05) is 29.8 Å². The number of aromatic nitrogens is 1. The van der Waals surface area contributed by atoms with Gasteiger partial charge in [-0.2, -0.15) is 0 Å². The molecule has 1 amide bonds. The van der Waals surface area contributed by atoms with Gasteiger partial charge in [-0.15, -0.1) is 11.8 Å². The SMILES string of the molecule is Cc1ccccc1-c1nc2cc(NC(=O)CSc3ccc(Cl)cc3)ccc2o1. The Labute approximate surface area is 171 Å². The van der Waals surface area contributed by atoms with Gasteiger partial charge in [0.1, 0.15) is 5.52 Å². The number of hydrogen-bond donors (Lipinski definition) is 1. The second-order valence-corrected chi connectivity index (χ2v) is 7.79. The van der Waals surface area contributed by atoms with E-state index >= 15 is 0 Å². The number of halogens is 1. The number of fused-ring (bicyclic) bond motifs is 1. The van der Waals surface area contributed by atoms with Crippen LogP contribution in [0.2, 0.25) is 5.02 Å². The van der Waals surface area contributed by atoms with Crippen molar-refractivity contribution in [2.75, 3.05) is 11.1 Å². The average Bonchev–Trinajstić information content (AvgIpc) is 3.11. The number of anilines is 1. The summed E-state index contributed by atoms with van der Waals surface area (Å²) in [5, 5.41) is 3.59. The minimum atomic E-state index is -0.0816. The first-order valence-electron chi connectivity index (χ1n) is 8.73. The molecule has 0 bridgehead atoms. The molecule has 0 aliphatic heterocycles. The maximum absolute atomic E-state index is 12.3. The predicted octanol–water partition coefficient (Wildman–Crippen LogP) is 6.19. The lowest BCUT2D eigenvalue weighted by Crippen LogP contribution is -2.13. The van der Waals surface area contributed by atoms with Crippen molar-refractivity contribution in [1.29, 1.82) is 0 Å². The highest BCUT2D eigenvalue weighted by atomic mass is 35.5. The highest BCUT2D eigenvalue weighted by Crippen LogP contribution is 2.28. The van der Waals surface area contributed by atoms with Crippen molar-refractivity contribution in [2.24, 2.45) is 0 Å². The van der Waals surface area contributed by atoms with Crippen LogP contribution in [0.1, 0.15) is 5.56 Å². The summed E-state index contributed by atoms with van der Waals surface area (Å²) in [5.74, 6) is 0.809. The number of aryl methyl sites for hydroxylation is 1. The summed E-state index contributed by atoms with van der Waals surface area (Å²) in [7, 11) is 0. The minimum Gasteiger partial charge on any atom is -0.436 e. The summed E-state index contributed by atoms with van der Waals surface area (Å²) in [5.41, 5.74) is 4.15. The van der Waals surface area contributed by atoms with Crippen molar-refractivity contribution >= 4 is 46.1 Å². The molecule has 3 aromatic carbocycles. The Morgan fingerprint density at radius 3 is 2.68 bits per heavy atom. The molecule has 4 nitrogen and oxygen atoms in total. The molecule has 6 heteroatoms. The Bertz CT molecular complexity index is 1140. The summed E-state index contributed by atoms with van der Waals surface area (Å²) >= 11 is 7.33. The Morgan fingerprint density at radius 1 is 1.11 bits per heavy atom. The summed E-state index contributed by atoms with van der Waals surface area (Å²) in [4.78, 5) is 17.8. The highest BCUT2D eigenvalue weighted by molar-refractivity contribution is 8.00. The van der Waals surface area contributed by atoms with Gasteiger partial charge in [0.2, 0.25) is 11.8 Å². The maximum atomic E-state index is 12.3. The summed E-state index contributed by atoms with van der Waals surface area (Å²) in [6.07, 6.45) is 0. The number of nitrogens with one attached hydrogen (secondary N) is 1. The van der Waals surface area contributed by atoms with Crippen LogP contribution in [0.25, 0.3) is 22.6 Å². The van der Waals surface area contributed by atoms with Crippen LogP contribution in [0.3, 0.4) is 0 Å². The Kier molecular flexibility index (Phi) is 5.37. The first-order chi connectivity index (χ1) is 13.6. The maximum Gasteiger partial charge on any atom is 0.234 e. The fourth-order valence-corrected chi connectivity index (χ4v) is 3.63. The van der Waals surface area contributed by atoms with Crippen LogP contribution in [-0.2, 0) is 4.79 Å². The van der Waals surface area contributed by atoms with Crippen LogP contribution in [-0.4, -0.2) is 16.6 Å². The van der Waals surface area contributed by atoms with Crippen LogP contribution in [0.15, 0.2) is 76.0 Å². The third-order valence-electron chi connectivity index (χ3n) is 4.23. The molecule has 4 aromatic rings. The molecule has 0 spiro atoms. The van der Waals surface area contributed by atoms with Gasteiger partial charge in [-0.05, 0) is 61.0 Å². The van der Waals surface area contributed by atoms with Gasteiger partial charge >= 0.3 is 0 Å². The second kappa shape index (κ2) is 8.09. The number of hydrogen-bond acceptors (Lipinski definition) is 4. The third kappa shape index (κ3) is 4.21. The normalized spacial score (nSPS) is 10.9. The first-order valence-corrected chi connectivity index (χ1v) is 10.1. The lowest BCUT2D eigenvalue weighted by atomic mass is 10.1. The zero-order valence-electron chi connectivity index (χ0n) is 15.1. The molecule has 140 valence electrons. The van der Waals surface area contributed by atoms with Crippen molar-refractivity contribution in [3.05, 3.63) is 77.3 Å². The number of carbonyl (C=O) groups is 1. The molecule has 0 unspecified atom stereocenters. The molecular formula is C22H17ClN2O2S. The Morgan fingerprint density at radius 2 is 1.89 bits per heavy atom. The van der Waals surface area contributed by atoms with E-state index in [0.29, 0.717) is 33.5 Å². The molecule has 0 radical (unpaired) electrons. The molecule has 1 aromatic heterocycles. The number of amides is 1. The molecule has 1 N–H and O–H groups in total. The molecule has 0 saturated heterocycles. The average molecular weight is 409 g/mol. The summed E-state index contributed by atoms with van der Waals surface area (Å²) < 4.78 is 5.87. The van der Waals surface area contributed by atoms with Gasteiger partial charge in [0.25, 0.3) is 0 Å². The van der Waals surface area contributed by atoms with Gasteiger partial charge in [0, 0.05) is 21.2 Å². The van der Waals surface area contributed by atoms with Crippen LogP contribution < -0.4 is 5.32 Å². The van der Waals surface area contributed by atoms with Gasteiger partial charge < -0.3 is 9.73 Å². The Balaban J connectivity index is 1.46. The smallest absolute Gasteiger partial charge is 0.234 e. The van der Waals surface area contributed by atoms with Crippen molar-refractivity contribution < 1.29 is 9.21 Å². The van der Waals surface area contributed by atoms with Crippen LogP contribution >= 0.6 is 23.4 Å². The van der Waals surface area contributed by atoms with Crippen molar-refractivity contribution in [1.82, 2.24) is 4.98 Å². The van der Waals surface area contributed by atoms with Gasteiger partial charge in [0.15, 0.2) is 5.58 Å². The number of carbonyl (C=O) groups excluding carboxylic acids is 1. The third-order valence-corrected chi connectivity index (χ3v) is 5.49.